The first-order chi connectivity index (χ1) is 10.6. The average molecular weight is 449 g/mol. The minimum Gasteiger partial charge on any atom is -0.356 e. The Labute approximate surface area is 147 Å². The fourth-order valence-corrected chi connectivity index (χ4v) is 3.86. The van der Waals surface area contributed by atoms with Gasteiger partial charge in [-0.25, -0.2) is 4.98 Å². The minimum atomic E-state index is -0.545. The number of carbonyl (C=O) groups is 1. The smallest absolute Gasteiger partial charge is 0.208 e. The summed E-state index contributed by atoms with van der Waals surface area (Å²) >= 11 is 3.54. The predicted octanol–water partition coefficient (Wildman–Crippen LogP) is 2.64. The van der Waals surface area contributed by atoms with Crippen molar-refractivity contribution in [1.82, 2.24) is 15.4 Å². The molecule has 1 aromatic carbocycles. The number of fused-ring (bicyclic) bond motifs is 1. The normalized spacial score (nSPS) is 12.6. The first kappa shape index (κ1) is 17.5. The maximum Gasteiger partial charge on any atom is 0.208 e. The van der Waals surface area contributed by atoms with Gasteiger partial charge >= 0.3 is 0 Å². The Morgan fingerprint density at radius 2 is 2.27 bits per heavy atom. The van der Waals surface area contributed by atoms with Crippen molar-refractivity contribution < 1.29 is 4.79 Å². The number of nitrogens with one attached hydrogen (secondary N) is 3. The maximum absolute atomic E-state index is 12.3. The van der Waals surface area contributed by atoms with Crippen LogP contribution in [-0.2, 0) is 0 Å². The van der Waals surface area contributed by atoms with Crippen molar-refractivity contribution in [1.29, 1.82) is 5.41 Å². The number of aromatic nitrogens is 1. The molecule has 1 aromatic heterocycles. The van der Waals surface area contributed by atoms with E-state index in [0.29, 0.717) is 30.3 Å². The molecule has 0 aliphatic carbocycles. The Morgan fingerprint density at radius 3 is 3.00 bits per heavy atom. The summed E-state index contributed by atoms with van der Waals surface area (Å²) in [5.74, 6) is 0.196. The standard InChI is InChI=1S/C13H17IN5OPS/c14-21-19-13(16)17-7-3-4-8(15)11(20)12-18-9-5-1-2-6-10(9)22-12/h1-2,5-6,8,21H,3-4,7,15H2,(H3,16,17,19)/t8-/m0/s1. The Hall–Kier alpha value is -0.830. The van der Waals surface area contributed by atoms with Gasteiger partial charge in [0, 0.05) is 12.9 Å². The van der Waals surface area contributed by atoms with E-state index in [9.17, 15) is 4.79 Å². The monoisotopic (exact) mass is 449 g/mol. The predicted molar refractivity (Wildman–Crippen MR) is 102 cm³/mol. The summed E-state index contributed by atoms with van der Waals surface area (Å²) in [5.41, 5.74) is 6.80. The number of rotatable bonds is 7. The number of hydrogen-bond donors (Lipinski definition) is 4. The number of ketones is 1. The van der Waals surface area contributed by atoms with E-state index in [2.05, 4.69) is 37.4 Å². The van der Waals surface area contributed by atoms with Crippen molar-refractivity contribution in [2.75, 3.05) is 6.54 Å². The van der Waals surface area contributed by atoms with Crippen molar-refractivity contribution in [3.63, 3.8) is 0 Å². The molecule has 0 saturated carbocycles. The molecule has 0 spiro atoms. The molecule has 9 heteroatoms. The zero-order valence-electron chi connectivity index (χ0n) is 11.7. The Kier molecular flexibility index (Phi) is 6.94. The second-order valence-corrected chi connectivity index (χ2v) is 7.71. The van der Waals surface area contributed by atoms with Crippen molar-refractivity contribution in [3.8, 4) is 0 Å². The number of Topliss-reactive ketones (excluding diaryl/α,β-unsaturated/α-hetero) is 1. The van der Waals surface area contributed by atoms with Crippen molar-refractivity contribution in [2.24, 2.45) is 5.73 Å². The van der Waals surface area contributed by atoms with Crippen LogP contribution in [0.5, 0.6) is 0 Å². The van der Waals surface area contributed by atoms with Crippen molar-refractivity contribution in [3.05, 3.63) is 29.3 Å². The van der Waals surface area contributed by atoms with Crippen LogP contribution < -0.4 is 16.1 Å². The van der Waals surface area contributed by atoms with Crippen LogP contribution in [0.1, 0.15) is 22.6 Å². The molecule has 5 N–H and O–H groups in total. The van der Waals surface area contributed by atoms with Gasteiger partial charge in [-0.2, -0.15) is 0 Å². The maximum atomic E-state index is 12.3. The number of carbonyl (C=O) groups excluding carboxylic acids is 1. The summed E-state index contributed by atoms with van der Waals surface area (Å²) in [7, 11) is 0. The Bertz CT molecular complexity index is 632. The lowest BCUT2D eigenvalue weighted by Gasteiger charge is -2.10. The van der Waals surface area contributed by atoms with Crippen LogP contribution in [0.2, 0.25) is 0 Å². The van der Waals surface area contributed by atoms with Crippen LogP contribution in [0.25, 0.3) is 10.2 Å². The fraction of sp³-hybridized carbons (Fsp3) is 0.308. The zero-order valence-corrected chi connectivity index (χ0v) is 15.7. The first-order valence-corrected chi connectivity index (χ1v) is 11.6. The molecule has 2 atom stereocenters. The zero-order chi connectivity index (χ0) is 15.9. The summed E-state index contributed by atoms with van der Waals surface area (Å²) in [6, 6.07) is 7.13. The lowest BCUT2D eigenvalue weighted by Crippen LogP contribution is -2.34. The number of thiazole rings is 1. The van der Waals surface area contributed by atoms with Crippen LogP contribution in [-0.4, -0.2) is 29.3 Å². The molecule has 2 rings (SSSR count). The van der Waals surface area contributed by atoms with E-state index in [1.54, 1.807) is 0 Å². The molecular weight excluding hydrogens is 432 g/mol. The second kappa shape index (κ2) is 8.71. The van der Waals surface area contributed by atoms with Gasteiger partial charge in [0.2, 0.25) is 5.78 Å². The highest BCUT2D eigenvalue weighted by Gasteiger charge is 2.19. The summed E-state index contributed by atoms with van der Waals surface area (Å²) in [4.78, 5) is 16.6. The SMILES string of the molecule is N=C(NCCC[C@H](N)C(=O)c1nc2ccccc2s1)NPI. The molecule has 0 radical (unpaired) electrons. The number of nitrogens with zero attached hydrogens (tertiary/aromatic N) is 1. The van der Waals surface area contributed by atoms with Gasteiger partial charge in [0.25, 0.3) is 0 Å². The molecule has 118 valence electrons. The second-order valence-electron chi connectivity index (χ2n) is 4.62. The first-order valence-electron chi connectivity index (χ1n) is 6.71. The molecule has 0 aliphatic heterocycles. The third-order valence-electron chi connectivity index (χ3n) is 3.01. The van der Waals surface area contributed by atoms with Gasteiger partial charge in [0.05, 0.1) is 16.3 Å². The van der Waals surface area contributed by atoms with E-state index < -0.39 is 6.04 Å². The van der Waals surface area contributed by atoms with Gasteiger partial charge in [-0.05, 0) is 47.0 Å². The molecule has 0 aliphatic rings. The molecule has 22 heavy (non-hydrogen) atoms. The summed E-state index contributed by atoms with van der Waals surface area (Å²) in [6.07, 6.45) is 1.76. The van der Waals surface area contributed by atoms with Crippen LogP contribution in [0.15, 0.2) is 24.3 Å². The lowest BCUT2D eigenvalue weighted by molar-refractivity contribution is 0.0956. The number of nitrogens with two attached hydrogens (primary N) is 1. The Balaban J connectivity index is 1.83. The minimum absolute atomic E-state index is 0.108. The molecule has 0 saturated heterocycles. The molecular formula is C13H17IN5OPS. The van der Waals surface area contributed by atoms with Crippen LogP contribution >= 0.6 is 39.8 Å². The number of hydrogen-bond acceptors (Lipinski definition) is 5. The van der Waals surface area contributed by atoms with Crippen LogP contribution in [0, 0.1) is 5.41 Å². The quantitative estimate of drug-likeness (QED) is 0.130. The molecule has 6 nitrogen and oxygen atoms in total. The highest BCUT2D eigenvalue weighted by Crippen LogP contribution is 2.22. The van der Waals surface area contributed by atoms with Crippen LogP contribution in [0.4, 0.5) is 0 Å². The number of para-hydroxylation sites is 1. The van der Waals surface area contributed by atoms with Gasteiger partial charge in [-0.1, -0.05) is 12.1 Å². The van der Waals surface area contributed by atoms with Crippen molar-refractivity contribution in [2.45, 2.75) is 18.9 Å². The van der Waals surface area contributed by atoms with Gasteiger partial charge in [-0.3, -0.25) is 10.2 Å². The van der Waals surface area contributed by atoms with Gasteiger partial charge in [0.15, 0.2) is 11.0 Å². The van der Waals surface area contributed by atoms with E-state index >= 15 is 0 Å². The van der Waals surface area contributed by atoms with E-state index in [1.165, 1.54) is 11.3 Å². The highest BCUT2D eigenvalue weighted by molar-refractivity contribution is 14.2. The third-order valence-corrected chi connectivity index (χ3v) is 5.21. The van der Waals surface area contributed by atoms with E-state index in [-0.39, 0.29) is 5.78 Å². The molecule has 1 heterocycles. The van der Waals surface area contributed by atoms with E-state index in [1.807, 2.05) is 24.3 Å². The molecule has 0 amide bonds. The molecule has 1 unspecified atom stereocenters. The number of benzene rings is 1. The van der Waals surface area contributed by atoms with E-state index in [0.717, 1.165) is 16.6 Å². The summed E-state index contributed by atoms with van der Waals surface area (Å²) < 4.78 is 0.999. The van der Waals surface area contributed by atoms with Gasteiger partial charge in [-0.15, -0.1) is 11.3 Å². The fourth-order valence-electron chi connectivity index (χ4n) is 1.89. The topological polar surface area (TPSA) is 104 Å². The van der Waals surface area contributed by atoms with Crippen molar-refractivity contribution >= 4 is 61.7 Å². The number of halogens is 1. The number of guanidine groups is 1. The molecule has 0 fully saturated rings. The van der Waals surface area contributed by atoms with Gasteiger partial charge < -0.3 is 16.1 Å². The molecule has 0 bridgehead atoms. The van der Waals surface area contributed by atoms with Gasteiger partial charge in [0.1, 0.15) is 0 Å². The third kappa shape index (κ3) is 4.84. The lowest BCUT2D eigenvalue weighted by atomic mass is 10.1. The average Bonchev–Trinajstić information content (AvgIpc) is 2.94. The summed E-state index contributed by atoms with van der Waals surface area (Å²) in [6.45, 7) is 0.619. The largest absolute Gasteiger partial charge is 0.356 e. The molecule has 2 aromatic rings. The Morgan fingerprint density at radius 1 is 1.50 bits per heavy atom. The van der Waals surface area contributed by atoms with Crippen LogP contribution in [0.3, 0.4) is 0 Å². The highest BCUT2D eigenvalue weighted by atomic mass is 127. The summed E-state index contributed by atoms with van der Waals surface area (Å²) in [5, 5.41) is 13.8. The van der Waals surface area contributed by atoms with E-state index in [4.69, 9.17) is 11.1 Å².